The van der Waals surface area contributed by atoms with Crippen molar-refractivity contribution in [2.75, 3.05) is 5.32 Å². The fourth-order valence-electron chi connectivity index (χ4n) is 1.04. The second-order valence-electron chi connectivity index (χ2n) is 3.02. The quantitative estimate of drug-likeness (QED) is 0.308. The molecule has 80 valence electrons. The Morgan fingerprint density at radius 1 is 1.40 bits per heavy atom. The number of rotatable bonds is 1. The standard InChI is InChI=1S/C9H12IN5/c1-5-2-3-6(10)7(4-5)14-9(13)15-8(11)12/h2-4H,1H3,(H6,11,12,13,14,15). The molecular weight excluding hydrogens is 305 g/mol. The van der Waals surface area contributed by atoms with Crippen molar-refractivity contribution in [2.45, 2.75) is 6.92 Å². The van der Waals surface area contributed by atoms with Crippen molar-refractivity contribution in [3.05, 3.63) is 27.3 Å². The molecule has 15 heavy (non-hydrogen) atoms. The van der Waals surface area contributed by atoms with E-state index < -0.39 is 0 Å². The molecule has 0 saturated heterocycles. The van der Waals surface area contributed by atoms with Crippen molar-refractivity contribution in [1.82, 2.24) is 5.32 Å². The van der Waals surface area contributed by atoms with Gasteiger partial charge in [0.1, 0.15) is 0 Å². The van der Waals surface area contributed by atoms with Gasteiger partial charge in [-0.2, -0.15) is 0 Å². The number of nitrogens with two attached hydrogens (primary N) is 1. The monoisotopic (exact) mass is 317 g/mol. The first kappa shape index (κ1) is 11.8. The molecular formula is C9H12IN5. The van der Waals surface area contributed by atoms with Gasteiger partial charge >= 0.3 is 0 Å². The number of nitrogens with one attached hydrogen (secondary N) is 4. The molecule has 0 bridgehead atoms. The van der Waals surface area contributed by atoms with Crippen LogP contribution in [0.15, 0.2) is 18.2 Å². The molecule has 1 aromatic carbocycles. The SMILES string of the molecule is Cc1ccc(I)c(NC(=N)NC(=N)N)c1. The fraction of sp³-hybridized carbons (Fsp3) is 0.111. The summed E-state index contributed by atoms with van der Waals surface area (Å²) in [5, 5.41) is 19.6. The number of guanidine groups is 2. The Morgan fingerprint density at radius 2 is 2.07 bits per heavy atom. The molecule has 5 nitrogen and oxygen atoms in total. The van der Waals surface area contributed by atoms with Crippen LogP contribution in [0.3, 0.4) is 0 Å². The third kappa shape index (κ3) is 3.74. The normalized spacial score (nSPS) is 9.47. The summed E-state index contributed by atoms with van der Waals surface area (Å²) < 4.78 is 1.01. The topological polar surface area (TPSA) is 97.8 Å². The highest BCUT2D eigenvalue weighted by molar-refractivity contribution is 14.1. The van der Waals surface area contributed by atoms with Gasteiger partial charge in [0.2, 0.25) is 0 Å². The van der Waals surface area contributed by atoms with Crippen LogP contribution in [0.1, 0.15) is 5.56 Å². The maximum absolute atomic E-state index is 7.48. The molecule has 0 radical (unpaired) electrons. The molecule has 0 amide bonds. The lowest BCUT2D eigenvalue weighted by atomic mass is 10.2. The molecule has 6 N–H and O–H groups in total. The molecule has 1 rings (SSSR count). The largest absolute Gasteiger partial charge is 0.370 e. The lowest BCUT2D eigenvalue weighted by molar-refractivity contribution is 1.20. The Balaban J connectivity index is 2.76. The van der Waals surface area contributed by atoms with Crippen molar-refractivity contribution >= 4 is 40.2 Å². The Bertz CT molecular complexity index is 401. The Kier molecular flexibility index (Phi) is 3.89. The molecule has 0 unspecified atom stereocenters. The van der Waals surface area contributed by atoms with Gasteiger partial charge in [-0.25, -0.2) is 0 Å². The minimum atomic E-state index is -0.254. The van der Waals surface area contributed by atoms with E-state index in [1.54, 1.807) is 0 Å². The molecule has 0 spiro atoms. The van der Waals surface area contributed by atoms with Gasteiger partial charge in [0.05, 0.1) is 5.69 Å². The first-order chi connectivity index (χ1) is 6.99. The number of hydrogen-bond donors (Lipinski definition) is 5. The van der Waals surface area contributed by atoms with Crippen molar-refractivity contribution < 1.29 is 0 Å². The lowest BCUT2D eigenvalue weighted by Gasteiger charge is -2.10. The molecule has 0 saturated carbocycles. The van der Waals surface area contributed by atoms with Crippen LogP contribution in [0.2, 0.25) is 0 Å². The summed E-state index contributed by atoms with van der Waals surface area (Å²) in [6.07, 6.45) is 0. The van der Waals surface area contributed by atoms with E-state index in [9.17, 15) is 0 Å². The summed E-state index contributed by atoms with van der Waals surface area (Å²) >= 11 is 2.17. The van der Waals surface area contributed by atoms with E-state index in [1.165, 1.54) is 0 Å². The molecule has 0 atom stereocenters. The van der Waals surface area contributed by atoms with Crippen molar-refractivity contribution in [2.24, 2.45) is 5.73 Å². The average Bonchev–Trinajstić information content (AvgIpc) is 2.10. The van der Waals surface area contributed by atoms with E-state index in [2.05, 4.69) is 33.2 Å². The summed E-state index contributed by atoms with van der Waals surface area (Å²) in [6.45, 7) is 1.98. The zero-order valence-corrected chi connectivity index (χ0v) is 10.3. The Labute approximate surface area is 102 Å². The summed E-state index contributed by atoms with van der Waals surface area (Å²) in [7, 11) is 0. The molecule has 1 aromatic rings. The van der Waals surface area contributed by atoms with Crippen LogP contribution in [0, 0.1) is 21.3 Å². The lowest BCUT2D eigenvalue weighted by Crippen LogP contribution is -2.39. The van der Waals surface area contributed by atoms with Gasteiger partial charge in [-0.3, -0.25) is 16.1 Å². The number of aryl methyl sites for hydroxylation is 1. The first-order valence-corrected chi connectivity index (χ1v) is 5.29. The summed E-state index contributed by atoms with van der Waals surface area (Å²) in [5.41, 5.74) is 7.04. The predicted molar refractivity (Wildman–Crippen MR) is 70.3 cm³/mol. The zero-order valence-electron chi connectivity index (χ0n) is 8.19. The minimum absolute atomic E-state index is 0.00832. The average molecular weight is 317 g/mol. The van der Waals surface area contributed by atoms with E-state index in [0.29, 0.717) is 0 Å². The van der Waals surface area contributed by atoms with E-state index in [0.717, 1.165) is 14.8 Å². The molecule has 0 fully saturated rings. The van der Waals surface area contributed by atoms with Gasteiger partial charge in [-0.05, 0) is 47.2 Å². The maximum Gasteiger partial charge on any atom is 0.199 e. The smallest absolute Gasteiger partial charge is 0.199 e. The maximum atomic E-state index is 7.48. The molecule has 0 heterocycles. The molecule has 0 aliphatic heterocycles. The van der Waals surface area contributed by atoms with Crippen molar-refractivity contribution in [1.29, 1.82) is 10.8 Å². The Morgan fingerprint density at radius 3 is 2.67 bits per heavy atom. The summed E-state index contributed by atoms with van der Waals surface area (Å²) in [4.78, 5) is 0. The second kappa shape index (κ2) is 4.96. The van der Waals surface area contributed by atoms with E-state index in [1.807, 2.05) is 25.1 Å². The van der Waals surface area contributed by atoms with Gasteiger partial charge in [0, 0.05) is 3.57 Å². The van der Waals surface area contributed by atoms with Crippen molar-refractivity contribution in [3.8, 4) is 0 Å². The predicted octanol–water partition coefficient (Wildman–Crippen LogP) is 1.43. The third-order valence-corrected chi connectivity index (χ3v) is 2.58. The molecule has 0 aliphatic rings. The van der Waals surface area contributed by atoms with Crippen LogP contribution >= 0.6 is 22.6 Å². The number of anilines is 1. The van der Waals surface area contributed by atoms with Crippen LogP contribution < -0.4 is 16.4 Å². The van der Waals surface area contributed by atoms with Gasteiger partial charge < -0.3 is 11.1 Å². The highest BCUT2D eigenvalue weighted by Gasteiger charge is 2.02. The number of halogens is 1. The van der Waals surface area contributed by atoms with Gasteiger partial charge in [0.25, 0.3) is 0 Å². The van der Waals surface area contributed by atoms with Crippen molar-refractivity contribution in [3.63, 3.8) is 0 Å². The highest BCUT2D eigenvalue weighted by atomic mass is 127. The number of benzene rings is 1. The van der Waals surface area contributed by atoms with E-state index in [-0.39, 0.29) is 11.9 Å². The molecule has 6 heteroatoms. The van der Waals surface area contributed by atoms with E-state index in [4.69, 9.17) is 16.6 Å². The zero-order chi connectivity index (χ0) is 11.4. The minimum Gasteiger partial charge on any atom is -0.370 e. The van der Waals surface area contributed by atoms with Crippen LogP contribution in [-0.2, 0) is 0 Å². The Hall–Kier alpha value is -1.31. The van der Waals surface area contributed by atoms with Crippen LogP contribution in [-0.4, -0.2) is 11.9 Å². The first-order valence-electron chi connectivity index (χ1n) is 4.22. The van der Waals surface area contributed by atoms with Crippen LogP contribution in [0.25, 0.3) is 0 Å². The van der Waals surface area contributed by atoms with Gasteiger partial charge in [0.15, 0.2) is 11.9 Å². The molecule has 0 aliphatic carbocycles. The van der Waals surface area contributed by atoms with Crippen LogP contribution in [0.4, 0.5) is 5.69 Å². The van der Waals surface area contributed by atoms with E-state index >= 15 is 0 Å². The molecule has 0 aromatic heterocycles. The number of hydrogen-bond acceptors (Lipinski definition) is 2. The fourth-order valence-corrected chi connectivity index (χ4v) is 1.51. The second-order valence-corrected chi connectivity index (χ2v) is 4.18. The summed E-state index contributed by atoms with van der Waals surface area (Å²) in [5.74, 6) is -0.263. The summed E-state index contributed by atoms with van der Waals surface area (Å²) in [6, 6.07) is 5.88. The van der Waals surface area contributed by atoms with Gasteiger partial charge in [-0.1, -0.05) is 6.07 Å². The van der Waals surface area contributed by atoms with Gasteiger partial charge in [-0.15, -0.1) is 0 Å². The highest BCUT2D eigenvalue weighted by Crippen LogP contribution is 2.18. The van der Waals surface area contributed by atoms with Crippen LogP contribution in [0.5, 0.6) is 0 Å². The third-order valence-electron chi connectivity index (χ3n) is 1.64.